The van der Waals surface area contributed by atoms with Crippen LogP contribution < -0.4 is 11.1 Å². The smallest absolute Gasteiger partial charge is 0.00200 e. The average Bonchev–Trinajstić information content (AvgIpc) is 3.32. The van der Waals surface area contributed by atoms with Gasteiger partial charge in [-0.25, -0.2) is 0 Å². The lowest BCUT2D eigenvalue weighted by Crippen LogP contribution is -2.42. The molecule has 0 aromatic heterocycles. The quantitative estimate of drug-likeness (QED) is 0.692. The molecule has 0 atom stereocenters. The molecule has 0 radical (unpaired) electrons. The van der Waals surface area contributed by atoms with Gasteiger partial charge in [-0.15, -0.1) is 0 Å². The van der Waals surface area contributed by atoms with E-state index in [1.165, 1.54) is 77.3 Å². The molecule has 0 spiro atoms. The predicted molar refractivity (Wildman–Crippen MR) is 81.0 cm³/mol. The van der Waals surface area contributed by atoms with Crippen molar-refractivity contribution in [1.29, 1.82) is 0 Å². The highest BCUT2D eigenvalue weighted by molar-refractivity contribution is 4.93. The van der Waals surface area contributed by atoms with Gasteiger partial charge in [0.1, 0.15) is 0 Å². The Bertz CT molecular complexity index is 261. The molecule has 3 saturated carbocycles. The zero-order valence-corrected chi connectivity index (χ0v) is 12.5. The van der Waals surface area contributed by atoms with E-state index in [0.29, 0.717) is 5.41 Å². The highest BCUT2D eigenvalue weighted by Crippen LogP contribution is 2.48. The van der Waals surface area contributed by atoms with Crippen LogP contribution in [0.3, 0.4) is 0 Å². The van der Waals surface area contributed by atoms with Crippen molar-refractivity contribution < 1.29 is 0 Å². The van der Waals surface area contributed by atoms with E-state index in [0.717, 1.165) is 24.3 Å². The lowest BCUT2D eigenvalue weighted by molar-refractivity contribution is 0.231. The van der Waals surface area contributed by atoms with E-state index < -0.39 is 0 Å². The van der Waals surface area contributed by atoms with Crippen LogP contribution in [-0.2, 0) is 0 Å². The molecule has 3 aliphatic carbocycles. The zero-order valence-electron chi connectivity index (χ0n) is 12.5. The molecule has 2 nitrogen and oxygen atoms in total. The molecule has 3 N–H and O–H groups in total. The Morgan fingerprint density at radius 1 is 0.947 bits per heavy atom. The van der Waals surface area contributed by atoms with Gasteiger partial charge in [-0.05, 0) is 74.8 Å². The average molecular weight is 264 g/mol. The summed E-state index contributed by atoms with van der Waals surface area (Å²) in [4.78, 5) is 0. The maximum Gasteiger partial charge on any atom is 0.00200 e. The fourth-order valence-corrected chi connectivity index (χ4v) is 4.20. The van der Waals surface area contributed by atoms with Gasteiger partial charge in [0.25, 0.3) is 0 Å². The fraction of sp³-hybridized carbons (Fsp3) is 1.00. The zero-order chi connectivity index (χ0) is 13.1. The summed E-state index contributed by atoms with van der Waals surface area (Å²) >= 11 is 0. The molecular weight excluding hydrogens is 232 g/mol. The fourth-order valence-electron chi connectivity index (χ4n) is 4.20. The maximum atomic E-state index is 6.13. The second-order valence-electron chi connectivity index (χ2n) is 7.59. The van der Waals surface area contributed by atoms with Gasteiger partial charge in [-0.3, -0.25) is 0 Å². The molecule has 0 bridgehead atoms. The first-order chi connectivity index (χ1) is 9.33. The van der Waals surface area contributed by atoms with E-state index in [2.05, 4.69) is 5.32 Å². The van der Waals surface area contributed by atoms with Gasteiger partial charge in [0, 0.05) is 6.54 Å². The Balaban J connectivity index is 1.46. The van der Waals surface area contributed by atoms with Crippen LogP contribution in [0.1, 0.15) is 64.2 Å². The maximum absolute atomic E-state index is 6.13. The van der Waals surface area contributed by atoms with Crippen molar-refractivity contribution in [2.75, 3.05) is 19.6 Å². The van der Waals surface area contributed by atoms with Crippen molar-refractivity contribution in [2.24, 2.45) is 28.9 Å². The molecular formula is C17H32N2. The Kier molecular flexibility index (Phi) is 4.48. The molecule has 0 heterocycles. The number of rotatable bonds is 7. The minimum Gasteiger partial charge on any atom is -0.330 e. The van der Waals surface area contributed by atoms with Crippen LogP contribution in [0.25, 0.3) is 0 Å². The number of hydrogen-bond acceptors (Lipinski definition) is 2. The SMILES string of the molecule is NCC1(CNCC(C2CC2)C2CC2)CCCCCC1. The molecule has 0 aromatic carbocycles. The van der Waals surface area contributed by atoms with Crippen LogP contribution in [0.4, 0.5) is 0 Å². The molecule has 19 heavy (non-hydrogen) atoms. The first-order valence-corrected chi connectivity index (χ1v) is 8.74. The normalized spacial score (nSPS) is 27.5. The summed E-state index contributed by atoms with van der Waals surface area (Å²) in [5.74, 6) is 3.14. The molecule has 2 heteroatoms. The van der Waals surface area contributed by atoms with Gasteiger partial charge in [0.2, 0.25) is 0 Å². The third-order valence-electron chi connectivity index (χ3n) is 5.93. The van der Waals surface area contributed by atoms with Gasteiger partial charge in [0.15, 0.2) is 0 Å². The number of nitrogens with two attached hydrogens (primary N) is 1. The molecule has 0 amide bonds. The topological polar surface area (TPSA) is 38.0 Å². The molecule has 0 aromatic rings. The molecule has 0 unspecified atom stereocenters. The summed E-state index contributed by atoms with van der Waals surface area (Å²) in [7, 11) is 0. The molecule has 3 fully saturated rings. The second kappa shape index (κ2) is 6.13. The standard InChI is InChI=1S/C17H32N2/c18-12-17(9-3-1-2-4-10-17)13-19-11-16(14-5-6-14)15-7-8-15/h14-16,19H,1-13,18H2. The van der Waals surface area contributed by atoms with Gasteiger partial charge in [0.05, 0.1) is 0 Å². The van der Waals surface area contributed by atoms with Gasteiger partial charge in [-0.1, -0.05) is 25.7 Å². The largest absolute Gasteiger partial charge is 0.330 e. The Morgan fingerprint density at radius 2 is 1.53 bits per heavy atom. The molecule has 3 rings (SSSR count). The van der Waals surface area contributed by atoms with Crippen molar-refractivity contribution >= 4 is 0 Å². The minimum atomic E-state index is 0.425. The van der Waals surface area contributed by atoms with Crippen LogP contribution in [-0.4, -0.2) is 19.6 Å². The van der Waals surface area contributed by atoms with E-state index >= 15 is 0 Å². The van der Waals surface area contributed by atoms with Crippen LogP contribution in [0, 0.1) is 23.2 Å². The van der Waals surface area contributed by atoms with Crippen LogP contribution >= 0.6 is 0 Å². The lowest BCUT2D eigenvalue weighted by atomic mass is 9.80. The Morgan fingerprint density at radius 3 is 2.00 bits per heavy atom. The van der Waals surface area contributed by atoms with E-state index in [9.17, 15) is 0 Å². The summed E-state index contributed by atoms with van der Waals surface area (Å²) in [6, 6.07) is 0. The van der Waals surface area contributed by atoms with E-state index in [1.54, 1.807) is 0 Å². The van der Waals surface area contributed by atoms with E-state index in [-0.39, 0.29) is 0 Å². The molecule has 3 aliphatic rings. The van der Waals surface area contributed by atoms with Gasteiger partial charge >= 0.3 is 0 Å². The summed E-state index contributed by atoms with van der Waals surface area (Å²) in [6.45, 7) is 3.34. The number of nitrogens with one attached hydrogen (secondary N) is 1. The van der Waals surface area contributed by atoms with Crippen LogP contribution in [0.2, 0.25) is 0 Å². The lowest BCUT2D eigenvalue weighted by Gasteiger charge is -2.32. The van der Waals surface area contributed by atoms with Crippen LogP contribution in [0.15, 0.2) is 0 Å². The van der Waals surface area contributed by atoms with E-state index in [4.69, 9.17) is 5.73 Å². The van der Waals surface area contributed by atoms with Gasteiger partial charge < -0.3 is 11.1 Å². The highest BCUT2D eigenvalue weighted by Gasteiger charge is 2.41. The summed E-state index contributed by atoms with van der Waals surface area (Å²) in [6.07, 6.45) is 14.4. The Hall–Kier alpha value is -0.0800. The first kappa shape index (κ1) is 13.9. The summed E-state index contributed by atoms with van der Waals surface area (Å²) in [5, 5.41) is 3.84. The predicted octanol–water partition coefficient (Wildman–Crippen LogP) is 3.31. The highest BCUT2D eigenvalue weighted by atomic mass is 14.9. The monoisotopic (exact) mass is 264 g/mol. The van der Waals surface area contributed by atoms with Crippen molar-refractivity contribution in [2.45, 2.75) is 64.2 Å². The number of hydrogen-bond donors (Lipinski definition) is 2. The van der Waals surface area contributed by atoms with Crippen molar-refractivity contribution in [3.63, 3.8) is 0 Å². The van der Waals surface area contributed by atoms with Crippen molar-refractivity contribution in [3.8, 4) is 0 Å². The summed E-state index contributed by atoms with van der Waals surface area (Å²) in [5.41, 5.74) is 6.55. The molecule has 0 aliphatic heterocycles. The van der Waals surface area contributed by atoms with Crippen molar-refractivity contribution in [3.05, 3.63) is 0 Å². The molecule has 0 saturated heterocycles. The third-order valence-corrected chi connectivity index (χ3v) is 5.93. The third kappa shape index (κ3) is 3.72. The minimum absolute atomic E-state index is 0.425. The Labute approximate surface area is 118 Å². The summed E-state index contributed by atoms with van der Waals surface area (Å²) < 4.78 is 0. The van der Waals surface area contributed by atoms with Crippen molar-refractivity contribution in [1.82, 2.24) is 5.32 Å². The second-order valence-corrected chi connectivity index (χ2v) is 7.59. The van der Waals surface area contributed by atoms with Gasteiger partial charge in [-0.2, -0.15) is 0 Å². The molecule has 110 valence electrons. The van der Waals surface area contributed by atoms with E-state index in [1.807, 2.05) is 0 Å². The van der Waals surface area contributed by atoms with Crippen LogP contribution in [0.5, 0.6) is 0 Å². The first-order valence-electron chi connectivity index (χ1n) is 8.74.